The fraction of sp³-hybridized carbons (Fsp3) is 0.250. The molecule has 1 aromatic rings. The molecule has 0 bridgehead atoms. The molecule has 1 amide bonds. The summed E-state index contributed by atoms with van der Waals surface area (Å²) in [6.07, 6.45) is 8.03. The number of aliphatic carboxylic acids is 1. The van der Waals surface area contributed by atoms with Gasteiger partial charge in [-0.05, 0) is 36.6 Å². The minimum atomic E-state index is -1.11. The van der Waals surface area contributed by atoms with Gasteiger partial charge in [0.05, 0.1) is 12.5 Å². The summed E-state index contributed by atoms with van der Waals surface area (Å²) in [4.78, 5) is 26.1. The fourth-order valence-electron chi connectivity index (χ4n) is 1.71. The molecule has 1 rings (SSSR count). The van der Waals surface area contributed by atoms with Crippen LogP contribution >= 0.6 is 0 Å². The van der Waals surface area contributed by atoms with Crippen molar-refractivity contribution in [2.75, 3.05) is 6.54 Å². The number of nitriles is 1. The SMILES string of the molecule is C/C=C(\C=C/CC#N)Cc1ccnc(C(=O)NCC(=O)O)c1. The van der Waals surface area contributed by atoms with Gasteiger partial charge in [-0.1, -0.05) is 18.2 Å². The van der Waals surface area contributed by atoms with Crippen LogP contribution in [0.25, 0.3) is 0 Å². The maximum absolute atomic E-state index is 11.8. The van der Waals surface area contributed by atoms with Crippen molar-refractivity contribution < 1.29 is 14.7 Å². The third-order valence-corrected chi connectivity index (χ3v) is 2.78. The lowest BCUT2D eigenvalue weighted by Crippen LogP contribution is -2.29. The van der Waals surface area contributed by atoms with Gasteiger partial charge in [0.15, 0.2) is 0 Å². The molecule has 0 unspecified atom stereocenters. The van der Waals surface area contributed by atoms with E-state index in [0.717, 1.165) is 11.1 Å². The van der Waals surface area contributed by atoms with E-state index in [1.165, 1.54) is 6.20 Å². The average Bonchev–Trinajstić information content (AvgIpc) is 2.52. The Morgan fingerprint density at radius 2 is 2.27 bits per heavy atom. The molecule has 0 radical (unpaired) electrons. The standard InChI is InChI=1S/C16H17N3O3/c1-2-12(5-3-4-7-17)9-13-6-8-18-14(10-13)16(22)19-11-15(20)21/h2-3,5-6,8,10H,4,9,11H2,1H3,(H,19,22)(H,20,21)/b5-3-,12-2+. The van der Waals surface area contributed by atoms with Gasteiger partial charge in [-0.15, -0.1) is 0 Å². The van der Waals surface area contributed by atoms with Crippen molar-refractivity contribution in [3.8, 4) is 6.07 Å². The molecule has 22 heavy (non-hydrogen) atoms. The van der Waals surface area contributed by atoms with E-state index in [-0.39, 0.29) is 5.69 Å². The molecule has 0 aliphatic heterocycles. The first-order chi connectivity index (χ1) is 10.6. The minimum absolute atomic E-state index is 0.176. The Balaban J connectivity index is 2.77. The van der Waals surface area contributed by atoms with Gasteiger partial charge < -0.3 is 10.4 Å². The molecule has 6 heteroatoms. The van der Waals surface area contributed by atoms with Crippen LogP contribution < -0.4 is 5.32 Å². The molecule has 0 aromatic carbocycles. The summed E-state index contributed by atoms with van der Waals surface area (Å²) in [5.74, 6) is -1.63. The number of nitrogens with zero attached hydrogens (tertiary/aromatic N) is 2. The van der Waals surface area contributed by atoms with Crippen molar-refractivity contribution in [3.05, 3.63) is 53.4 Å². The number of carboxylic acids is 1. The van der Waals surface area contributed by atoms with Gasteiger partial charge >= 0.3 is 5.97 Å². The van der Waals surface area contributed by atoms with Crippen LogP contribution in [0.1, 0.15) is 29.4 Å². The van der Waals surface area contributed by atoms with Crippen LogP contribution in [0, 0.1) is 11.3 Å². The van der Waals surface area contributed by atoms with Gasteiger partial charge in [-0.3, -0.25) is 14.6 Å². The third-order valence-electron chi connectivity index (χ3n) is 2.78. The van der Waals surface area contributed by atoms with E-state index < -0.39 is 18.4 Å². The van der Waals surface area contributed by atoms with E-state index in [2.05, 4.69) is 10.3 Å². The largest absolute Gasteiger partial charge is 0.480 e. The summed E-state index contributed by atoms with van der Waals surface area (Å²) < 4.78 is 0. The molecule has 2 N–H and O–H groups in total. The molecule has 0 saturated carbocycles. The summed E-state index contributed by atoms with van der Waals surface area (Å²) in [5.41, 5.74) is 2.07. The minimum Gasteiger partial charge on any atom is -0.480 e. The molecule has 0 saturated heterocycles. The summed E-state index contributed by atoms with van der Waals surface area (Å²) >= 11 is 0. The van der Waals surface area contributed by atoms with E-state index in [1.807, 2.05) is 25.1 Å². The number of hydrogen-bond donors (Lipinski definition) is 2. The van der Waals surface area contributed by atoms with Gasteiger partial charge in [-0.25, -0.2) is 0 Å². The first kappa shape index (κ1) is 17.1. The van der Waals surface area contributed by atoms with E-state index in [1.54, 1.807) is 18.2 Å². The van der Waals surface area contributed by atoms with E-state index in [0.29, 0.717) is 12.8 Å². The van der Waals surface area contributed by atoms with E-state index in [4.69, 9.17) is 10.4 Å². The zero-order chi connectivity index (χ0) is 16.4. The number of hydrogen-bond acceptors (Lipinski definition) is 4. The highest BCUT2D eigenvalue weighted by molar-refractivity contribution is 5.94. The highest BCUT2D eigenvalue weighted by Crippen LogP contribution is 2.10. The Bertz CT molecular complexity index is 642. The third kappa shape index (κ3) is 6.01. The lowest BCUT2D eigenvalue weighted by atomic mass is 10.0. The number of aromatic nitrogens is 1. The number of rotatable bonds is 7. The Morgan fingerprint density at radius 1 is 1.50 bits per heavy atom. The zero-order valence-electron chi connectivity index (χ0n) is 12.2. The van der Waals surface area contributed by atoms with Crippen molar-refractivity contribution in [2.45, 2.75) is 19.8 Å². The first-order valence-electron chi connectivity index (χ1n) is 6.70. The maximum atomic E-state index is 11.8. The zero-order valence-corrected chi connectivity index (χ0v) is 12.2. The summed E-state index contributed by atoms with van der Waals surface area (Å²) in [6.45, 7) is 1.45. The average molecular weight is 299 g/mol. The van der Waals surface area contributed by atoms with E-state index >= 15 is 0 Å². The monoisotopic (exact) mass is 299 g/mol. The van der Waals surface area contributed by atoms with Gasteiger partial charge in [0, 0.05) is 6.20 Å². The summed E-state index contributed by atoms with van der Waals surface area (Å²) in [6, 6.07) is 5.44. The smallest absolute Gasteiger partial charge is 0.322 e. The Kier molecular flexibility index (Phi) is 7.06. The Morgan fingerprint density at radius 3 is 2.91 bits per heavy atom. The number of carbonyl (C=O) groups is 2. The van der Waals surface area contributed by atoms with Crippen LogP contribution in [0.5, 0.6) is 0 Å². The molecule has 114 valence electrons. The number of allylic oxidation sites excluding steroid dienone is 4. The van der Waals surface area contributed by atoms with E-state index in [9.17, 15) is 9.59 Å². The van der Waals surface area contributed by atoms with Gasteiger partial charge in [0.25, 0.3) is 5.91 Å². The lowest BCUT2D eigenvalue weighted by Gasteiger charge is -2.05. The predicted molar refractivity (Wildman–Crippen MR) is 81.0 cm³/mol. The quantitative estimate of drug-likeness (QED) is 0.748. The molecule has 0 atom stereocenters. The van der Waals surface area contributed by atoms with Crippen LogP contribution in [0.2, 0.25) is 0 Å². The highest BCUT2D eigenvalue weighted by atomic mass is 16.4. The molecule has 1 heterocycles. The maximum Gasteiger partial charge on any atom is 0.322 e. The summed E-state index contributed by atoms with van der Waals surface area (Å²) in [5, 5.41) is 19.3. The second kappa shape index (κ2) is 9.08. The highest BCUT2D eigenvalue weighted by Gasteiger charge is 2.09. The van der Waals surface area contributed by atoms with Crippen LogP contribution in [0.15, 0.2) is 42.1 Å². The molecule has 0 aliphatic rings. The molecular formula is C16H17N3O3. The van der Waals surface area contributed by atoms with Gasteiger partial charge in [-0.2, -0.15) is 5.26 Å². The number of carboxylic acid groups (broad SMARTS) is 1. The first-order valence-corrected chi connectivity index (χ1v) is 6.70. The van der Waals surface area contributed by atoms with Crippen molar-refractivity contribution in [2.24, 2.45) is 0 Å². The molecule has 0 aliphatic carbocycles. The van der Waals surface area contributed by atoms with Crippen LogP contribution in [0.4, 0.5) is 0 Å². The van der Waals surface area contributed by atoms with Gasteiger partial charge in [0.2, 0.25) is 0 Å². The lowest BCUT2D eigenvalue weighted by molar-refractivity contribution is -0.135. The fourth-order valence-corrected chi connectivity index (χ4v) is 1.71. The molecule has 1 aromatic heterocycles. The Hall–Kier alpha value is -2.94. The van der Waals surface area contributed by atoms with Crippen molar-refractivity contribution in [1.29, 1.82) is 5.26 Å². The summed E-state index contributed by atoms with van der Waals surface area (Å²) in [7, 11) is 0. The normalized spacial score (nSPS) is 11.2. The topological polar surface area (TPSA) is 103 Å². The number of carbonyl (C=O) groups excluding carboxylic acids is 1. The molecule has 6 nitrogen and oxygen atoms in total. The number of amides is 1. The van der Waals surface area contributed by atoms with Crippen LogP contribution in [0.3, 0.4) is 0 Å². The molecule has 0 fully saturated rings. The van der Waals surface area contributed by atoms with Crippen LogP contribution in [-0.2, 0) is 11.2 Å². The molecule has 0 spiro atoms. The van der Waals surface area contributed by atoms with Crippen molar-refractivity contribution in [1.82, 2.24) is 10.3 Å². The molecular weight excluding hydrogens is 282 g/mol. The Labute approximate surface area is 128 Å². The second-order valence-electron chi connectivity index (χ2n) is 4.43. The number of pyridine rings is 1. The van der Waals surface area contributed by atoms with Crippen LogP contribution in [-0.4, -0.2) is 28.5 Å². The second-order valence-corrected chi connectivity index (χ2v) is 4.43. The van der Waals surface area contributed by atoms with Gasteiger partial charge in [0.1, 0.15) is 12.2 Å². The van der Waals surface area contributed by atoms with Crippen molar-refractivity contribution >= 4 is 11.9 Å². The predicted octanol–water partition coefficient (Wildman–Crippen LogP) is 1.85. The number of nitrogens with one attached hydrogen (secondary N) is 1. The van der Waals surface area contributed by atoms with Crippen molar-refractivity contribution in [3.63, 3.8) is 0 Å².